The predicted molar refractivity (Wildman–Crippen MR) is 67.7 cm³/mol. The summed E-state index contributed by atoms with van der Waals surface area (Å²) in [7, 11) is 1.49. The van der Waals surface area contributed by atoms with Crippen LogP contribution in [0.1, 0.15) is 30.6 Å². The number of nitrogens with one attached hydrogen (secondary N) is 1. The lowest BCUT2D eigenvalue weighted by atomic mass is 10.0. The molecule has 5 heteroatoms. The summed E-state index contributed by atoms with van der Waals surface area (Å²) in [5.41, 5.74) is 0.0808. The zero-order valence-electron chi connectivity index (χ0n) is 10.3. The van der Waals surface area contributed by atoms with Crippen LogP contribution in [-0.2, 0) is 0 Å². The van der Waals surface area contributed by atoms with Gasteiger partial charge < -0.3 is 10.1 Å². The van der Waals surface area contributed by atoms with Crippen molar-refractivity contribution < 1.29 is 9.53 Å². The number of alkyl halides is 1. The Kier molecular flexibility index (Phi) is 4.75. The van der Waals surface area contributed by atoms with Crippen LogP contribution >= 0.6 is 11.6 Å². The van der Waals surface area contributed by atoms with Crippen LogP contribution in [0.2, 0.25) is 0 Å². The molecule has 0 unspecified atom stereocenters. The number of methoxy groups -OCH3 is 1. The molecule has 0 saturated carbocycles. The van der Waals surface area contributed by atoms with Gasteiger partial charge >= 0.3 is 0 Å². The molecule has 1 N–H and O–H groups in total. The van der Waals surface area contributed by atoms with Gasteiger partial charge in [-0.05, 0) is 32.4 Å². The van der Waals surface area contributed by atoms with Crippen LogP contribution in [0.5, 0.6) is 5.88 Å². The summed E-state index contributed by atoms with van der Waals surface area (Å²) in [6, 6.07) is 3.38. The van der Waals surface area contributed by atoms with Crippen molar-refractivity contribution in [1.29, 1.82) is 0 Å². The summed E-state index contributed by atoms with van der Waals surface area (Å²) in [6.07, 6.45) is 2.28. The lowest BCUT2D eigenvalue weighted by molar-refractivity contribution is 0.0908. The molecule has 0 atom stereocenters. The first-order chi connectivity index (χ1) is 8.00. The molecule has 1 rings (SSSR count). The lowest BCUT2D eigenvalue weighted by Gasteiger charge is -2.25. The van der Waals surface area contributed by atoms with Crippen molar-refractivity contribution in [3.63, 3.8) is 0 Å². The van der Waals surface area contributed by atoms with E-state index in [0.29, 0.717) is 23.7 Å². The highest BCUT2D eigenvalue weighted by molar-refractivity contribution is 6.17. The third-order valence-electron chi connectivity index (χ3n) is 2.38. The average Bonchev–Trinajstić information content (AvgIpc) is 2.28. The third kappa shape index (κ3) is 3.89. The molecule has 0 aromatic carbocycles. The standard InChI is InChI=1S/C12H17ClN2O2/c1-12(2,6-7-13)15-10(16)9-5-4-8-14-11(9)17-3/h4-5,8H,6-7H2,1-3H3,(H,15,16). The van der Waals surface area contributed by atoms with Crippen molar-refractivity contribution in [2.75, 3.05) is 13.0 Å². The van der Waals surface area contributed by atoms with E-state index in [0.717, 1.165) is 0 Å². The lowest BCUT2D eigenvalue weighted by Crippen LogP contribution is -2.43. The molecule has 0 spiro atoms. The summed E-state index contributed by atoms with van der Waals surface area (Å²) in [6.45, 7) is 3.85. The Labute approximate surface area is 106 Å². The molecule has 0 radical (unpaired) electrons. The molecule has 0 aliphatic rings. The molecule has 94 valence electrons. The van der Waals surface area contributed by atoms with Gasteiger partial charge in [0.1, 0.15) is 5.56 Å². The smallest absolute Gasteiger partial charge is 0.257 e. The number of rotatable bonds is 5. The highest BCUT2D eigenvalue weighted by Crippen LogP contribution is 2.16. The zero-order chi connectivity index (χ0) is 12.9. The van der Waals surface area contributed by atoms with Crippen molar-refractivity contribution in [3.8, 4) is 5.88 Å². The second-order valence-electron chi connectivity index (χ2n) is 4.34. The number of hydrogen-bond acceptors (Lipinski definition) is 3. The van der Waals surface area contributed by atoms with Gasteiger partial charge in [-0.25, -0.2) is 4.98 Å². The van der Waals surface area contributed by atoms with Gasteiger partial charge in [0.2, 0.25) is 5.88 Å². The number of halogens is 1. The van der Waals surface area contributed by atoms with Crippen molar-refractivity contribution in [2.45, 2.75) is 25.8 Å². The molecule has 0 aliphatic heterocycles. The molecule has 1 aromatic rings. The van der Waals surface area contributed by atoms with Crippen LogP contribution in [0.3, 0.4) is 0 Å². The summed E-state index contributed by atoms with van der Waals surface area (Å²) >= 11 is 5.69. The Hall–Kier alpha value is -1.29. The van der Waals surface area contributed by atoms with E-state index in [2.05, 4.69) is 10.3 Å². The molecule has 4 nitrogen and oxygen atoms in total. The van der Waals surface area contributed by atoms with Gasteiger partial charge in [0.15, 0.2) is 0 Å². The number of pyridine rings is 1. The minimum absolute atomic E-state index is 0.204. The molecule has 1 amide bonds. The van der Waals surface area contributed by atoms with Crippen LogP contribution in [0.25, 0.3) is 0 Å². The van der Waals surface area contributed by atoms with Crippen LogP contribution in [0, 0.1) is 0 Å². The molecule has 0 bridgehead atoms. The van der Waals surface area contributed by atoms with E-state index in [9.17, 15) is 4.79 Å². The molecule has 0 saturated heterocycles. The van der Waals surface area contributed by atoms with E-state index < -0.39 is 0 Å². The first kappa shape index (κ1) is 13.8. The highest BCUT2D eigenvalue weighted by Gasteiger charge is 2.22. The number of nitrogens with zero attached hydrogens (tertiary/aromatic N) is 1. The Morgan fingerprint density at radius 2 is 2.29 bits per heavy atom. The Bertz CT molecular complexity index is 394. The van der Waals surface area contributed by atoms with Gasteiger partial charge in [-0.1, -0.05) is 0 Å². The van der Waals surface area contributed by atoms with Crippen LogP contribution in [-0.4, -0.2) is 29.4 Å². The van der Waals surface area contributed by atoms with E-state index in [1.165, 1.54) is 7.11 Å². The highest BCUT2D eigenvalue weighted by atomic mass is 35.5. The van der Waals surface area contributed by atoms with Gasteiger partial charge in [0.25, 0.3) is 5.91 Å². The van der Waals surface area contributed by atoms with E-state index in [4.69, 9.17) is 16.3 Å². The number of amides is 1. The van der Waals surface area contributed by atoms with Crippen molar-refractivity contribution in [3.05, 3.63) is 23.9 Å². The topological polar surface area (TPSA) is 51.2 Å². The minimum atomic E-state index is -0.348. The quantitative estimate of drug-likeness (QED) is 0.822. The van der Waals surface area contributed by atoms with Gasteiger partial charge in [-0.15, -0.1) is 11.6 Å². The second kappa shape index (κ2) is 5.87. The normalized spacial score (nSPS) is 11.1. The number of carbonyl (C=O) groups is 1. The van der Waals surface area contributed by atoms with Crippen molar-refractivity contribution in [2.24, 2.45) is 0 Å². The molecule has 0 aliphatic carbocycles. The molecule has 1 aromatic heterocycles. The SMILES string of the molecule is COc1ncccc1C(=O)NC(C)(C)CCCl. The van der Waals surface area contributed by atoms with Gasteiger partial charge in [-0.3, -0.25) is 4.79 Å². The predicted octanol–water partition coefficient (Wildman–Crippen LogP) is 2.23. The number of ether oxygens (including phenoxy) is 1. The third-order valence-corrected chi connectivity index (χ3v) is 2.57. The average molecular weight is 257 g/mol. The second-order valence-corrected chi connectivity index (χ2v) is 4.72. The maximum absolute atomic E-state index is 12.0. The zero-order valence-corrected chi connectivity index (χ0v) is 11.0. The summed E-state index contributed by atoms with van der Waals surface area (Å²) in [4.78, 5) is 16.0. The van der Waals surface area contributed by atoms with Crippen molar-refractivity contribution >= 4 is 17.5 Å². The van der Waals surface area contributed by atoms with Crippen LogP contribution < -0.4 is 10.1 Å². The number of aromatic nitrogens is 1. The van der Waals surface area contributed by atoms with Gasteiger partial charge in [0, 0.05) is 17.6 Å². The van der Waals surface area contributed by atoms with E-state index >= 15 is 0 Å². The van der Waals surface area contributed by atoms with Crippen LogP contribution in [0.15, 0.2) is 18.3 Å². The number of hydrogen-bond donors (Lipinski definition) is 1. The minimum Gasteiger partial charge on any atom is -0.480 e. The van der Waals surface area contributed by atoms with E-state index in [1.54, 1.807) is 18.3 Å². The maximum Gasteiger partial charge on any atom is 0.257 e. The first-order valence-corrected chi connectivity index (χ1v) is 5.91. The summed E-state index contributed by atoms with van der Waals surface area (Å²) in [5, 5.41) is 2.90. The maximum atomic E-state index is 12.0. The first-order valence-electron chi connectivity index (χ1n) is 5.37. The largest absolute Gasteiger partial charge is 0.480 e. The Morgan fingerprint density at radius 1 is 1.59 bits per heavy atom. The van der Waals surface area contributed by atoms with E-state index in [-0.39, 0.29) is 11.4 Å². The van der Waals surface area contributed by atoms with E-state index in [1.807, 2.05) is 13.8 Å². The molecule has 0 fully saturated rings. The van der Waals surface area contributed by atoms with Gasteiger partial charge in [-0.2, -0.15) is 0 Å². The number of carbonyl (C=O) groups excluding carboxylic acids is 1. The monoisotopic (exact) mass is 256 g/mol. The fraction of sp³-hybridized carbons (Fsp3) is 0.500. The molecule has 1 heterocycles. The van der Waals surface area contributed by atoms with Crippen LogP contribution in [0.4, 0.5) is 0 Å². The molecule has 17 heavy (non-hydrogen) atoms. The summed E-state index contributed by atoms with van der Waals surface area (Å²) in [5.74, 6) is 0.619. The Morgan fingerprint density at radius 3 is 2.88 bits per heavy atom. The van der Waals surface area contributed by atoms with Crippen molar-refractivity contribution in [1.82, 2.24) is 10.3 Å². The summed E-state index contributed by atoms with van der Waals surface area (Å²) < 4.78 is 5.04. The molecular weight excluding hydrogens is 240 g/mol. The fourth-order valence-electron chi connectivity index (χ4n) is 1.40. The van der Waals surface area contributed by atoms with Gasteiger partial charge in [0.05, 0.1) is 7.11 Å². The Balaban J connectivity index is 2.83. The fourth-order valence-corrected chi connectivity index (χ4v) is 1.87. The molecular formula is C12H17ClN2O2.